The third-order valence-corrected chi connectivity index (χ3v) is 5.72. The van der Waals surface area contributed by atoms with Gasteiger partial charge in [0.05, 0.1) is 11.6 Å². The van der Waals surface area contributed by atoms with Crippen LogP contribution < -0.4 is 10.6 Å². The number of hydrogen-bond donors (Lipinski definition) is 2. The Morgan fingerprint density at radius 3 is 2.61 bits per heavy atom. The lowest BCUT2D eigenvalue weighted by Crippen LogP contribution is -2.36. The molecule has 7 heteroatoms. The van der Waals surface area contributed by atoms with Gasteiger partial charge in [-0.25, -0.2) is 0 Å². The van der Waals surface area contributed by atoms with Crippen LogP contribution in [-0.4, -0.2) is 26.1 Å². The van der Waals surface area contributed by atoms with E-state index in [1.807, 2.05) is 68.4 Å². The summed E-state index contributed by atoms with van der Waals surface area (Å²) in [5.41, 5.74) is 3.35. The van der Waals surface area contributed by atoms with Gasteiger partial charge in [-0.15, -0.1) is 0 Å². The Morgan fingerprint density at radius 2 is 1.77 bits per heavy atom. The number of nitrogens with zero attached hydrogens (tertiary/aromatic N) is 4. The highest BCUT2D eigenvalue weighted by molar-refractivity contribution is 5.98. The lowest BCUT2D eigenvalue weighted by atomic mass is 9.91. The highest BCUT2D eigenvalue weighted by Crippen LogP contribution is 2.37. The molecule has 0 bridgehead atoms. The molecule has 0 fully saturated rings. The number of aromatic nitrogens is 4. The second kappa shape index (κ2) is 7.68. The monoisotopic (exact) mass is 410 g/mol. The van der Waals surface area contributed by atoms with Crippen LogP contribution in [0.4, 0.5) is 5.95 Å². The third-order valence-electron chi connectivity index (χ3n) is 5.72. The van der Waals surface area contributed by atoms with Gasteiger partial charge >= 0.3 is 0 Å². The number of fused-ring (bicyclic) bond motifs is 2. The number of amides is 1. The molecule has 1 aliphatic rings. The van der Waals surface area contributed by atoms with Crippen LogP contribution >= 0.6 is 0 Å². The number of anilines is 1. The van der Waals surface area contributed by atoms with E-state index in [1.54, 1.807) is 4.68 Å². The van der Waals surface area contributed by atoms with Gasteiger partial charge in [0.1, 0.15) is 6.04 Å². The van der Waals surface area contributed by atoms with E-state index in [2.05, 4.69) is 44.4 Å². The number of carbonyl (C=O) groups excluding carboxylic acids is 1. The Labute approximate surface area is 179 Å². The lowest BCUT2D eigenvalue weighted by molar-refractivity contribution is -0.118. The van der Waals surface area contributed by atoms with Gasteiger partial charge in [0.15, 0.2) is 0 Å². The third kappa shape index (κ3) is 3.34. The molecule has 4 aromatic rings. The Hall–Kier alpha value is -4.00. The van der Waals surface area contributed by atoms with Gasteiger partial charge in [-0.05, 0) is 46.2 Å². The number of allylic oxidation sites excluding steroid dienone is 1. The molecule has 3 aromatic carbocycles. The van der Waals surface area contributed by atoms with Crippen LogP contribution in [0.3, 0.4) is 0 Å². The summed E-state index contributed by atoms with van der Waals surface area (Å²) in [6.07, 6.45) is 0. The molecule has 1 unspecified atom stereocenters. The summed E-state index contributed by atoms with van der Waals surface area (Å²) in [6, 6.07) is 23.6. The molecule has 2 atom stereocenters. The molecule has 5 rings (SSSR count). The summed E-state index contributed by atoms with van der Waals surface area (Å²) < 4.78 is 1.68. The molecular formula is C24H22N6O. The molecule has 7 nitrogen and oxygen atoms in total. The molecule has 1 aliphatic heterocycles. The Morgan fingerprint density at radius 1 is 1.03 bits per heavy atom. The number of carbonyl (C=O) groups is 1. The summed E-state index contributed by atoms with van der Waals surface area (Å²) in [4.78, 5) is 13.6. The van der Waals surface area contributed by atoms with E-state index in [1.165, 1.54) is 0 Å². The van der Waals surface area contributed by atoms with Crippen LogP contribution in [0.15, 0.2) is 84.1 Å². The smallest absolute Gasteiger partial charge is 0.251 e. The first-order valence-corrected chi connectivity index (χ1v) is 10.2. The fraction of sp³-hybridized carbons (Fsp3) is 0.167. The fourth-order valence-corrected chi connectivity index (χ4v) is 4.18. The van der Waals surface area contributed by atoms with E-state index in [-0.39, 0.29) is 11.9 Å². The summed E-state index contributed by atoms with van der Waals surface area (Å²) in [5, 5.41) is 20.6. The van der Waals surface area contributed by atoms with Gasteiger partial charge < -0.3 is 10.6 Å². The average molecular weight is 410 g/mol. The van der Waals surface area contributed by atoms with E-state index in [0.29, 0.717) is 11.5 Å². The fourth-order valence-electron chi connectivity index (χ4n) is 4.18. The van der Waals surface area contributed by atoms with Crippen LogP contribution in [0, 0.1) is 0 Å². The topological polar surface area (TPSA) is 84.7 Å². The van der Waals surface area contributed by atoms with Crippen molar-refractivity contribution >= 4 is 22.6 Å². The minimum atomic E-state index is -0.444. The van der Waals surface area contributed by atoms with Crippen LogP contribution in [-0.2, 0) is 4.79 Å². The van der Waals surface area contributed by atoms with Gasteiger partial charge in [-0.1, -0.05) is 77.9 Å². The Balaban J connectivity index is 1.60. The first-order chi connectivity index (χ1) is 15.1. The molecule has 31 heavy (non-hydrogen) atoms. The van der Waals surface area contributed by atoms with Crippen LogP contribution in [0.2, 0.25) is 0 Å². The largest absolute Gasteiger partial charge is 0.346 e. The maximum absolute atomic E-state index is 13.6. The van der Waals surface area contributed by atoms with Crippen molar-refractivity contribution in [3.63, 3.8) is 0 Å². The minimum absolute atomic E-state index is 0.141. The first-order valence-electron chi connectivity index (χ1n) is 10.2. The van der Waals surface area contributed by atoms with Gasteiger partial charge in [-0.3, -0.25) is 4.79 Å². The van der Waals surface area contributed by atoms with Crippen molar-refractivity contribution in [2.75, 3.05) is 5.32 Å². The van der Waals surface area contributed by atoms with E-state index in [0.717, 1.165) is 27.6 Å². The summed E-state index contributed by atoms with van der Waals surface area (Å²) in [6.45, 7) is 3.87. The van der Waals surface area contributed by atoms with Crippen molar-refractivity contribution in [2.24, 2.45) is 0 Å². The zero-order chi connectivity index (χ0) is 21.4. The maximum Gasteiger partial charge on any atom is 0.251 e. The second-order valence-electron chi connectivity index (χ2n) is 7.69. The molecule has 2 N–H and O–H groups in total. The standard InChI is InChI=1S/C24H22N6O/c1-15(17-9-4-3-5-10-17)25-23(31)21-16(2)26-24-27-28-29-30(24)22(21)20-14-8-12-18-11-6-7-13-19(18)20/h3-15,22H,1-2H3,(H,25,31)(H,26,27,29)/t15?,22-/m1/s1. The van der Waals surface area contributed by atoms with Gasteiger partial charge in [0.25, 0.3) is 5.91 Å². The van der Waals surface area contributed by atoms with Gasteiger partial charge in [0.2, 0.25) is 5.95 Å². The second-order valence-corrected chi connectivity index (χ2v) is 7.69. The molecule has 1 amide bonds. The average Bonchev–Trinajstić information content (AvgIpc) is 3.26. The van der Waals surface area contributed by atoms with Crippen molar-refractivity contribution in [1.82, 2.24) is 25.5 Å². The molecule has 0 saturated carbocycles. The van der Waals surface area contributed by atoms with Crippen molar-refractivity contribution in [1.29, 1.82) is 0 Å². The highest BCUT2D eigenvalue weighted by Gasteiger charge is 2.35. The lowest BCUT2D eigenvalue weighted by Gasteiger charge is -2.29. The maximum atomic E-state index is 13.6. The normalized spacial score (nSPS) is 16.5. The highest BCUT2D eigenvalue weighted by atomic mass is 16.1. The molecule has 0 aliphatic carbocycles. The minimum Gasteiger partial charge on any atom is -0.346 e. The van der Waals surface area contributed by atoms with E-state index in [4.69, 9.17) is 0 Å². The van der Waals surface area contributed by atoms with Gasteiger partial charge in [-0.2, -0.15) is 4.68 Å². The molecule has 0 radical (unpaired) electrons. The van der Waals surface area contributed by atoms with Crippen molar-refractivity contribution < 1.29 is 4.79 Å². The quantitative estimate of drug-likeness (QED) is 0.531. The van der Waals surface area contributed by atoms with Crippen molar-refractivity contribution in [3.05, 3.63) is 95.2 Å². The molecule has 2 heterocycles. The van der Waals surface area contributed by atoms with Crippen molar-refractivity contribution in [2.45, 2.75) is 25.9 Å². The number of tetrazole rings is 1. The van der Waals surface area contributed by atoms with Crippen LogP contribution in [0.1, 0.15) is 37.1 Å². The first kappa shape index (κ1) is 19.0. The number of benzene rings is 3. The summed E-state index contributed by atoms with van der Waals surface area (Å²) in [7, 11) is 0. The molecule has 0 spiro atoms. The number of rotatable bonds is 4. The van der Waals surface area contributed by atoms with Gasteiger partial charge in [0, 0.05) is 5.70 Å². The predicted octanol–water partition coefficient (Wildman–Crippen LogP) is 3.99. The summed E-state index contributed by atoms with van der Waals surface area (Å²) in [5.74, 6) is 0.364. The number of hydrogen-bond acceptors (Lipinski definition) is 5. The van der Waals surface area contributed by atoms with Crippen molar-refractivity contribution in [3.8, 4) is 0 Å². The molecule has 1 aromatic heterocycles. The molecule has 0 saturated heterocycles. The Kier molecular flexibility index (Phi) is 4.71. The van der Waals surface area contributed by atoms with E-state index in [9.17, 15) is 4.79 Å². The molecular weight excluding hydrogens is 388 g/mol. The molecule has 154 valence electrons. The zero-order valence-electron chi connectivity index (χ0n) is 17.3. The Bertz CT molecular complexity index is 1290. The SMILES string of the molecule is CC1=C(C(=O)NC(C)c2ccccc2)[C@@H](c2cccc3ccccc23)n2nnnc2N1. The summed E-state index contributed by atoms with van der Waals surface area (Å²) >= 11 is 0. The van der Waals surface area contributed by atoms with E-state index < -0.39 is 6.04 Å². The number of nitrogens with one attached hydrogen (secondary N) is 2. The van der Waals surface area contributed by atoms with Crippen LogP contribution in [0.5, 0.6) is 0 Å². The zero-order valence-corrected chi connectivity index (χ0v) is 17.3. The van der Waals surface area contributed by atoms with Crippen LogP contribution in [0.25, 0.3) is 10.8 Å². The van der Waals surface area contributed by atoms with E-state index >= 15 is 0 Å². The predicted molar refractivity (Wildman–Crippen MR) is 119 cm³/mol.